The summed E-state index contributed by atoms with van der Waals surface area (Å²) in [7, 11) is -0.423. The molecule has 0 bridgehead atoms. The van der Waals surface area contributed by atoms with E-state index >= 15 is 0 Å². The van der Waals surface area contributed by atoms with Crippen LogP contribution in [0.1, 0.15) is 40.3 Å². The van der Waals surface area contributed by atoms with Gasteiger partial charge in [0.1, 0.15) is 5.76 Å². The number of hydrogen-bond acceptors (Lipinski definition) is 5. The molecule has 0 saturated carbocycles. The Kier molecular flexibility index (Phi) is 4.86. The highest BCUT2D eigenvalue weighted by atomic mass is 32.2. The lowest BCUT2D eigenvalue weighted by molar-refractivity contribution is 0.0793. The van der Waals surface area contributed by atoms with Gasteiger partial charge < -0.3 is 9.32 Å². The molecule has 0 saturated heterocycles. The third-order valence-electron chi connectivity index (χ3n) is 4.28. The maximum atomic E-state index is 12.4. The molecule has 1 N–H and O–H groups in total. The van der Waals surface area contributed by atoms with Gasteiger partial charge in [-0.15, -0.1) is 0 Å². The number of nitrogens with zero attached hydrogens (tertiary/aromatic N) is 2. The largest absolute Gasteiger partial charge is 0.455 e. The van der Waals surface area contributed by atoms with Crippen LogP contribution in [-0.2, 0) is 16.4 Å². The number of hydrazone groups is 1. The van der Waals surface area contributed by atoms with Crippen molar-refractivity contribution in [2.45, 2.75) is 31.1 Å². The van der Waals surface area contributed by atoms with Crippen LogP contribution in [0.25, 0.3) is 0 Å². The van der Waals surface area contributed by atoms with Crippen molar-refractivity contribution in [3.05, 3.63) is 53.0 Å². The second-order valence-electron chi connectivity index (χ2n) is 6.37. The number of rotatable bonds is 4. The van der Waals surface area contributed by atoms with Crippen molar-refractivity contribution >= 4 is 21.6 Å². The molecule has 1 heterocycles. The predicted molar refractivity (Wildman–Crippen MR) is 97.7 cm³/mol. The minimum absolute atomic E-state index is 0.146. The maximum absolute atomic E-state index is 12.4. The lowest BCUT2D eigenvalue weighted by Gasteiger charge is -2.14. The summed E-state index contributed by atoms with van der Waals surface area (Å²) >= 11 is 0. The van der Waals surface area contributed by atoms with Gasteiger partial charge in [-0.1, -0.05) is 18.2 Å². The highest BCUT2D eigenvalue weighted by Crippen LogP contribution is 2.30. The van der Waals surface area contributed by atoms with Crippen LogP contribution in [0.5, 0.6) is 0 Å². The van der Waals surface area contributed by atoms with E-state index < -0.39 is 10.0 Å². The molecule has 0 radical (unpaired) electrons. The number of benzene rings is 1. The number of amides is 1. The van der Waals surface area contributed by atoms with Crippen LogP contribution in [0.2, 0.25) is 0 Å². The van der Waals surface area contributed by atoms with Gasteiger partial charge in [0.2, 0.25) is 0 Å². The third kappa shape index (κ3) is 3.37. The van der Waals surface area contributed by atoms with E-state index in [1.165, 1.54) is 17.0 Å². The van der Waals surface area contributed by atoms with Gasteiger partial charge in [0, 0.05) is 31.6 Å². The van der Waals surface area contributed by atoms with Crippen LogP contribution in [0.3, 0.4) is 0 Å². The number of aryl methyl sites for hydroxylation is 1. The first-order chi connectivity index (χ1) is 12.3. The zero-order chi connectivity index (χ0) is 18.9. The van der Waals surface area contributed by atoms with Gasteiger partial charge in [0.25, 0.3) is 15.9 Å². The Morgan fingerprint density at radius 2 is 1.88 bits per heavy atom. The van der Waals surface area contributed by atoms with Gasteiger partial charge in [-0.3, -0.25) is 4.79 Å². The van der Waals surface area contributed by atoms with E-state index in [1.54, 1.807) is 39.2 Å². The fourth-order valence-electron chi connectivity index (χ4n) is 2.95. The molecule has 0 aliphatic heterocycles. The lowest BCUT2D eigenvalue weighted by atomic mass is 9.93. The second-order valence-corrected chi connectivity index (χ2v) is 8.03. The van der Waals surface area contributed by atoms with Crippen LogP contribution in [0.15, 0.2) is 44.7 Å². The van der Waals surface area contributed by atoms with E-state index in [2.05, 4.69) is 9.93 Å². The lowest BCUT2D eigenvalue weighted by Crippen LogP contribution is -2.23. The fraction of sp³-hybridized carbons (Fsp3) is 0.333. The standard InChI is InChI=1S/C18H21N3O4S/c1-12-16-14(19-20-26(23,24)13-8-5-4-6-9-13)10-7-11-15(16)25-17(12)18(22)21(2)3/h4-6,8-9,20H,7,10-11H2,1-3H3/b19-14+. The molecule has 26 heavy (non-hydrogen) atoms. The predicted octanol–water partition coefficient (Wildman–Crippen LogP) is 2.31. The Bertz CT molecular complexity index is 960. The minimum atomic E-state index is -3.74. The molecule has 1 aromatic carbocycles. The smallest absolute Gasteiger partial charge is 0.289 e. The van der Waals surface area contributed by atoms with Crippen LogP contribution in [0.4, 0.5) is 0 Å². The van der Waals surface area contributed by atoms with Gasteiger partial charge >= 0.3 is 0 Å². The number of carbonyl (C=O) groups excluding carboxylic acids is 1. The van der Waals surface area contributed by atoms with Crippen LogP contribution < -0.4 is 4.83 Å². The van der Waals surface area contributed by atoms with E-state index in [4.69, 9.17) is 4.42 Å². The summed E-state index contributed by atoms with van der Waals surface area (Å²) in [5, 5.41) is 4.14. The molecular weight excluding hydrogens is 354 g/mol. The van der Waals surface area contributed by atoms with E-state index in [-0.39, 0.29) is 16.6 Å². The first-order valence-corrected chi connectivity index (χ1v) is 9.77. The maximum Gasteiger partial charge on any atom is 0.289 e. The first-order valence-electron chi connectivity index (χ1n) is 8.29. The fourth-order valence-corrected chi connectivity index (χ4v) is 3.81. The van der Waals surface area contributed by atoms with Crippen LogP contribution >= 0.6 is 0 Å². The summed E-state index contributed by atoms with van der Waals surface area (Å²) in [5.74, 6) is 0.734. The molecule has 3 rings (SSSR count). The van der Waals surface area contributed by atoms with E-state index in [0.717, 1.165) is 12.0 Å². The van der Waals surface area contributed by atoms with Gasteiger partial charge in [-0.25, -0.2) is 0 Å². The van der Waals surface area contributed by atoms with Crippen molar-refractivity contribution in [3.8, 4) is 0 Å². The Hall–Kier alpha value is -2.61. The Labute approximate surface area is 152 Å². The Balaban J connectivity index is 1.95. The minimum Gasteiger partial charge on any atom is -0.455 e. The summed E-state index contributed by atoms with van der Waals surface area (Å²) in [6.45, 7) is 1.80. The summed E-state index contributed by atoms with van der Waals surface area (Å²) in [4.78, 5) is 16.2. The number of sulfonamides is 1. The molecule has 138 valence electrons. The molecule has 0 unspecified atom stereocenters. The topological polar surface area (TPSA) is 92.0 Å². The monoisotopic (exact) mass is 375 g/mol. The summed E-state index contributed by atoms with van der Waals surface area (Å²) in [5.41, 5.74) is 2.01. The van der Waals surface area contributed by atoms with Gasteiger partial charge in [-0.05, 0) is 31.9 Å². The van der Waals surface area contributed by atoms with Crippen LogP contribution in [0, 0.1) is 6.92 Å². The molecule has 1 aliphatic carbocycles. The van der Waals surface area contributed by atoms with Gasteiger partial charge in [0.05, 0.1) is 10.6 Å². The van der Waals surface area contributed by atoms with E-state index in [0.29, 0.717) is 29.9 Å². The second kappa shape index (κ2) is 6.95. The van der Waals surface area contributed by atoms with Crippen molar-refractivity contribution in [1.82, 2.24) is 9.73 Å². The highest BCUT2D eigenvalue weighted by molar-refractivity contribution is 7.89. The number of nitrogens with one attached hydrogen (secondary N) is 1. The van der Waals surface area contributed by atoms with Crippen LogP contribution in [-0.4, -0.2) is 39.0 Å². The van der Waals surface area contributed by atoms with Gasteiger partial charge in [-0.2, -0.15) is 18.4 Å². The van der Waals surface area contributed by atoms with Crippen molar-refractivity contribution in [2.75, 3.05) is 14.1 Å². The average Bonchev–Trinajstić information content (AvgIpc) is 2.97. The molecule has 0 atom stereocenters. The summed E-state index contributed by atoms with van der Waals surface area (Å²) in [6, 6.07) is 8.06. The number of fused-ring (bicyclic) bond motifs is 1. The Morgan fingerprint density at radius 1 is 1.19 bits per heavy atom. The third-order valence-corrected chi connectivity index (χ3v) is 5.50. The normalized spacial score (nSPS) is 15.6. The van der Waals surface area contributed by atoms with Crippen molar-refractivity contribution in [2.24, 2.45) is 5.10 Å². The van der Waals surface area contributed by atoms with Crippen molar-refractivity contribution in [3.63, 3.8) is 0 Å². The molecule has 2 aromatic rings. The molecule has 0 spiro atoms. The first kappa shape index (κ1) is 18.2. The number of carbonyl (C=O) groups is 1. The summed E-state index contributed by atoms with van der Waals surface area (Å²) < 4.78 is 30.5. The Morgan fingerprint density at radius 3 is 2.54 bits per heavy atom. The molecule has 1 aliphatic rings. The van der Waals surface area contributed by atoms with Crippen molar-refractivity contribution < 1.29 is 17.6 Å². The van der Waals surface area contributed by atoms with E-state index in [9.17, 15) is 13.2 Å². The average molecular weight is 375 g/mol. The number of hydrogen-bond donors (Lipinski definition) is 1. The van der Waals surface area contributed by atoms with Gasteiger partial charge in [0.15, 0.2) is 5.76 Å². The SMILES string of the molecule is Cc1c(C(=O)N(C)C)oc2c1/C(=N/NS(=O)(=O)c1ccccc1)CCC2. The summed E-state index contributed by atoms with van der Waals surface area (Å²) in [6.07, 6.45) is 2.09. The highest BCUT2D eigenvalue weighted by Gasteiger charge is 2.29. The molecule has 8 heteroatoms. The quantitative estimate of drug-likeness (QED) is 0.830. The zero-order valence-electron chi connectivity index (χ0n) is 14.9. The van der Waals surface area contributed by atoms with E-state index in [1.807, 2.05) is 0 Å². The van der Waals surface area contributed by atoms with Crippen molar-refractivity contribution in [1.29, 1.82) is 0 Å². The zero-order valence-corrected chi connectivity index (χ0v) is 15.8. The molecular formula is C18H21N3O4S. The number of furan rings is 1. The molecule has 7 nitrogen and oxygen atoms in total. The molecule has 0 fully saturated rings. The molecule has 1 amide bonds. The molecule has 1 aromatic heterocycles.